The number of aliphatic hydroxyl groups is 1. The first-order chi connectivity index (χ1) is 8.19. The number of anilines is 2. The number of nitrogens with two attached hydrogens (primary N) is 1. The Bertz CT molecular complexity index is 379. The Balaban J connectivity index is 1.95. The summed E-state index contributed by atoms with van der Waals surface area (Å²) in [5.41, 5.74) is 5.74. The Morgan fingerprint density at radius 2 is 2.29 bits per heavy atom. The van der Waals surface area contributed by atoms with Crippen LogP contribution in [0.25, 0.3) is 0 Å². The summed E-state index contributed by atoms with van der Waals surface area (Å²) in [5.74, 6) is 2.53. The fourth-order valence-electron chi connectivity index (χ4n) is 1.76. The number of nitrogens with zero attached hydrogens (tertiary/aromatic N) is 2. The minimum Gasteiger partial charge on any atom is -0.391 e. The molecule has 1 aromatic heterocycles. The fourth-order valence-corrected chi connectivity index (χ4v) is 1.76. The molecule has 94 valence electrons. The summed E-state index contributed by atoms with van der Waals surface area (Å²) in [7, 11) is 0. The molecule has 5 heteroatoms. The zero-order valence-corrected chi connectivity index (χ0v) is 10.2. The van der Waals surface area contributed by atoms with Gasteiger partial charge in [-0.2, -0.15) is 0 Å². The second-order valence-electron chi connectivity index (χ2n) is 4.63. The van der Waals surface area contributed by atoms with Crippen molar-refractivity contribution in [2.24, 2.45) is 0 Å². The molecule has 1 fully saturated rings. The molecular weight excluding hydrogens is 216 g/mol. The largest absolute Gasteiger partial charge is 0.391 e. The molecule has 0 saturated heterocycles. The van der Waals surface area contributed by atoms with Gasteiger partial charge in [0, 0.05) is 18.5 Å². The van der Waals surface area contributed by atoms with Gasteiger partial charge in [0.15, 0.2) is 0 Å². The van der Waals surface area contributed by atoms with Crippen LogP contribution in [0, 0.1) is 0 Å². The molecule has 17 heavy (non-hydrogen) atoms. The lowest BCUT2D eigenvalue weighted by molar-refractivity contribution is 0.176. The van der Waals surface area contributed by atoms with Gasteiger partial charge >= 0.3 is 0 Å². The number of nitrogen functional groups attached to an aromatic ring is 1. The van der Waals surface area contributed by atoms with Crippen LogP contribution in [0.1, 0.15) is 44.3 Å². The highest BCUT2D eigenvalue weighted by Crippen LogP contribution is 2.38. The van der Waals surface area contributed by atoms with E-state index in [9.17, 15) is 5.11 Å². The third-order valence-electron chi connectivity index (χ3n) is 2.85. The van der Waals surface area contributed by atoms with Gasteiger partial charge in [-0.15, -0.1) is 0 Å². The van der Waals surface area contributed by atoms with Crippen molar-refractivity contribution in [2.45, 2.75) is 44.6 Å². The molecule has 1 aliphatic rings. The van der Waals surface area contributed by atoms with E-state index >= 15 is 0 Å². The minimum absolute atomic E-state index is 0.333. The summed E-state index contributed by atoms with van der Waals surface area (Å²) in [6.07, 6.45) is 3.74. The first-order valence-corrected chi connectivity index (χ1v) is 6.25. The van der Waals surface area contributed by atoms with E-state index in [-0.39, 0.29) is 6.10 Å². The Hall–Kier alpha value is -1.36. The first kappa shape index (κ1) is 12.1. The summed E-state index contributed by atoms with van der Waals surface area (Å²) in [4.78, 5) is 8.64. The molecule has 0 aromatic carbocycles. The van der Waals surface area contributed by atoms with Crippen LogP contribution in [0.4, 0.5) is 11.6 Å². The smallest absolute Gasteiger partial charge is 0.136 e. The molecule has 0 radical (unpaired) electrons. The van der Waals surface area contributed by atoms with Crippen LogP contribution >= 0.6 is 0 Å². The number of aliphatic hydroxyl groups excluding tert-OH is 1. The van der Waals surface area contributed by atoms with E-state index in [1.165, 1.54) is 0 Å². The Morgan fingerprint density at radius 1 is 1.53 bits per heavy atom. The highest BCUT2D eigenvalue weighted by Gasteiger charge is 2.27. The molecule has 1 heterocycles. The first-order valence-electron chi connectivity index (χ1n) is 6.25. The maximum Gasteiger partial charge on any atom is 0.136 e. The normalized spacial score (nSPS) is 16.8. The van der Waals surface area contributed by atoms with Crippen molar-refractivity contribution in [3.05, 3.63) is 11.9 Å². The summed E-state index contributed by atoms with van der Waals surface area (Å²) < 4.78 is 0. The second kappa shape index (κ2) is 5.31. The Morgan fingerprint density at radius 3 is 2.94 bits per heavy atom. The van der Waals surface area contributed by atoms with Crippen molar-refractivity contribution in [1.29, 1.82) is 0 Å². The van der Waals surface area contributed by atoms with Gasteiger partial charge in [-0.05, 0) is 19.3 Å². The summed E-state index contributed by atoms with van der Waals surface area (Å²) in [6, 6.07) is 1.71. The fraction of sp³-hybridized carbons (Fsp3) is 0.667. The maximum absolute atomic E-state index is 9.63. The molecule has 1 unspecified atom stereocenters. The maximum atomic E-state index is 9.63. The van der Waals surface area contributed by atoms with Gasteiger partial charge in [-0.25, -0.2) is 9.97 Å². The average Bonchev–Trinajstić information content (AvgIpc) is 3.10. The van der Waals surface area contributed by atoms with Gasteiger partial charge in [-0.1, -0.05) is 13.3 Å². The van der Waals surface area contributed by atoms with Crippen LogP contribution in [-0.4, -0.2) is 27.7 Å². The van der Waals surface area contributed by atoms with Crippen LogP contribution in [0.3, 0.4) is 0 Å². The van der Waals surface area contributed by atoms with Gasteiger partial charge in [0.05, 0.1) is 6.10 Å². The molecule has 0 amide bonds. The lowest BCUT2D eigenvalue weighted by atomic mass is 10.2. The van der Waals surface area contributed by atoms with E-state index in [1.807, 2.05) is 0 Å². The van der Waals surface area contributed by atoms with Crippen LogP contribution in [-0.2, 0) is 0 Å². The topological polar surface area (TPSA) is 84.1 Å². The summed E-state index contributed by atoms with van der Waals surface area (Å²) in [6.45, 7) is 2.56. The van der Waals surface area contributed by atoms with Gasteiger partial charge < -0.3 is 16.2 Å². The number of nitrogens with one attached hydrogen (secondary N) is 1. The number of hydrogen-bond acceptors (Lipinski definition) is 5. The number of rotatable bonds is 6. The van der Waals surface area contributed by atoms with Crippen molar-refractivity contribution < 1.29 is 5.11 Å². The average molecular weight is 236 g/mol. The van der Waals surface area contributed by atoms with E-state index < -0.39 is 0 Å². The van der Waals surface area contributed by atoms with E-state index in [2.05, 4.69) is 22.2 Å². The second-order valence-corrected chi connectivity index (χ2v) is 4.63. The van der Waals surface area contributed by atoms with Crippen LogP contribution in [0.2, 0.25) is 0 Å². The molecular formula is C12H20N4O. The molecule has 1 saturated carbocycles. The number of hydrogen-bond donors (Lipinski definition) is 3. The predicted molar refractivity (Wildman–Crippen MR) is 67.8 cm³/mol. The van der Waals surface area contributed by atoms with Crippen molar-refractivity contribution in [3.8, 4) is 0 Å². The molecule has 2 rings (SSSR count). The van der Waals surface area contributed by atoms with Crippen molar-refractivity contribution in [2.75, 3.05) is 17.6 Å². The predicted octanol–water partition coefficient (Wildman–Crippen LogP) is 1.51. The van der Waals surface area contributed by atoms with Crippen LogP contribution < -0.4 is 11.1 Å². The third kappa shape index (κ3) is 3.56. The molecule has 1 atom stereocenters. The van der Waals surface area contributed by atoms with Crippen molar-refractivity contribution >= 4 is 11.6 Å². The molecule has 5 nitrogen and oxygen atoms in total. The van der Waals surface area contributed by atoms with Gasteiger partial charge in [0.2, 0.25) is 0 Å². The zero-order valence-electron chi connectivity index (χ0n) is 10.2. The van der Waals surface area contributed by atoms with Crippen LogP contribution in [0.15, 0.2) is 6.07 Å². The minimum atomic E-state index is -0.333. The van der Waals surface area contributed by atoms with E-state index in [0.717, 1.165) is 37.3 Å². The van der Waals surface area contributed by atoms with Gasteiger partial charge in [0.1, 0.15) is 17.5 Å². The van der Waals surface area contributed by atoms with E-state index in [0.29, 0.717) is 18.3 Å². The van der Waals surface area contributed by atoms with E-state index in [1.54, 1.807) is 6.07 Å². The molecule has 4 N–H and O–H groups in total. The quantitative estimate of drug-likeness (QED) is 0.697. The van der Waals surface area contributed by atoms with E-state index in [4.69, 9.17) is 5.73 Å². The molecule has 1 aromatic rings. The Kier molecular flexibility index (Phi) is 3.78. The molecule has 0 spiro atoms. The van der Waals surface area contributed by atoms with Crippen molar-refractivity contribution in [3.63, 3.8) is 0 Å². The lowest BCUT2D eigenvalue weighted by Gasteiger charge is -2.12. The summed E-state index contributed by atoms with van der Waals surface area (Å²) >= 11 is 0. The lowest BCUT2D eigenvalue weighted by Crippen LogP contribution is -2.20. The number of aromatic nitrogens is 2. The monoisotopic (exact) mass is 236 g/mol. The van der Waals surface area contributed by atoms with Gasteiger partial charge in [-0.3, -0.25) is 0 Å². The van der Waals surface area contributed by atoms with Gasteiger partial charge in [0.25, 0.3) is 0 Å². The Labute approximate surface area is 101 Å². The summed E-state index contributed by atoms with van der Waals surface area (Å²) in [5, 5.41) is 12.7. The molecule has 1 aliphatic carbocycles. The van der Waals surface area contributed by atoms with Crippen molar-refractivity contribution in [1.82, 2.24) is 9.97 Å². The molecule has 0 bridgehead atoms. The highest BCUT2D eigenvalue weighted by molar-refractivity contribution is 5.45. The highest BCUT2D eigenvalue weighted by atomic mass is 16.3. The molecule has 0 aliphatic heterocycles. The van der Waals surface area contributed by atoms with Crippen LogP contribution in [0.5, 0.6) is 0 Å². The SMILES string of the molecule is CCCC(O)CNc1cc(N)nc(C2CC2)n1. The zero-order chi connectivity index (χ0) is 12.3. The third-order valence-corrected chi connectivity index (χ3v) is 2.85. The standard InChI is InChI=1S/C12H20N4O/c1-2-3-9(17)7-14-11-6-10(13)15-12(16-11)8-4-5-8/h6,8-9,17H,2-5,7H2,1H3,(H3,13,14,15,16).